The zero-order valence-electron chi connectivity index (χ0n) is 25.5. The van der Waals surface area contributed by atoms with Gasteiger partial charge in [-0.2, -0.15) is 0 Å². The van der Waals surface area contributed by atoms with Crippen LogP contribution in [-0.4, -0.2) is 43.8 Å². The minimum absolute atomic E-state index is 0.0646. The fourth-order valence-corrected chi connectivity index (χ4v) is 7.04. The van der Waals surface area contributed by atoms with E-state index in [9.17, 15) is 18.0 Å². The quantitative estimate of drug-likeness (QED) is 0.257. The van der Waals surface area contributed by atoms with Crippen LogP contribution < -0.4 is 9.62 Å². The van der Waals surface area contributed by atoms with Crippen molar-refractivity contribution in [2.24, 2.45) is 0 Å². The Hall–Kier alpha value is -3.36. The van der Waals surface area contributed by atoms with Crippen molar-refractivity contribution in [3.63, 3.8) is 0 Å². The van der Waals surface area contributed by atoms with Crippen molar-refractivity contribution >= 4 is 39.1 Å². The fraction of sp³-hybridized carbons (Fsp3) is 0.412. The molecule has 0 bridgehead atoms. The van der Waals surface area contributed by atoms with Crippen LogP contribution in [-0.2, 0) is 26.2 Å². The second-order valence-electron chi connectivity index (χ2n) is 11.5. The Balaban J connectivity index is 1.72. The Morgan fingerprint density at radius 2 is 1.51 bits per heavy atom. The summed E-state index contributed by atoms with van der Waals surface area (Å²) in [5, 5.41) is 3.57. The summed E-state index contributed by atoms with van der Waals surface area (Å²) >= 11 is 6.43. The maximum absolute atomic E-state index is 14.3. The molecular weight excluding hydrogens is 582 g/mol. The number of halogens is 1. The van der Waals surface area contributed by atoms with Gasteiger partial charge in [-0.05, 0) is 75.4 Å². The second-order valence-corrected chi connectivity index (χ2v) is 13.8. The molecule has 0 saturated heterocycles. The molecule has 1 aliphatic carbocycles. The Morgan fingerprint density at radius 3 is 2.09 bits per heavy atom. The molecule has 1 aliphatic rings. The minimum atomic E-state index is -4.16. The van der Waals surface area contributed by atoms with Gasteiger partial charge in [-0.1, -0.05) is 91.4 Å². The van der Waals surface area contributed by atoms with Gasteiger partial charge in [0.25, 0.3) is 10.0 Å². The van der Waals surface area contributed by atoms with Crippen molar-refractivity contribution in [1.82, 2.24) is 10.2 Å². The molecule has 1 fully saturated rings. The highest BCUT2D eigenvalue weighted by atomic mass is 35.5. The molecule has 9 heteroatoms. The molecule has 230 valence electrons. The summed E-state index contributed by atoms with van der Waals surface area (Å²) in [7, 11) is -4.16. The summed E-state index contributed by atoms with van der Waals surface area (Å²) in [6, 6.07) is 18.6. The molecule has 0 unspecified atom stereocenters. The molecule has 3 aromatic carbocycles. The van der Waals surface area contributed by atoms with E-state index in [4.69, 9.17) is 11.6 Å². The molecule has 3 aromatic rings. The molecular formula is C34H42ClN3O4S. The normalized spacial score (nSPS) is 14.6. The van der Waals surface area contributed by atoms with Crippen LogP contribution in [0.5, 0.6) is 0 Å². The molecule has 1 saturated carbocycles. The zero-order chi connectivity index (χ0) is 31.1. The van der Waals surface area contributed by atoms with Gasteiger partial charge in [0, 0.05) is 17.6 Å². The van der Waals surface area contributed by atoms with Crippen molar-refractivity contribution in [3.8, 4) is 0 Å². The SMILES string of the molecule is CC[C@H](C(=O)NC1CCCCC1)N(Cc1ccc(C)cc1)C(=O)CN(c1ccc(C)c(Cl)c1)S(=O)(=O)c1ccc(C)cc1. The molecule has 0 spiro atoms. The first-order chi connectivity index (χ1) is 20.5. The molecule has 7 nitrogen and oxygen atoms in total. The van der Waals surface area contributed by atoms with E-state index in [0.29, 0.717) is 11.4 Å². The first kappa shape index (κ1) is 32.6. The van der Waals surface area contributed by atoms with Gasteiger partial charge in [-0.3, -0.25) is 13.9 Å². The highest BCUT2D eigenvalue weighted by molar-refractivity contribution is 7.92. The number of anilines is 1. The van der Waals surface area contributed by atoms with Gasteiger partial charge in [-0.15, -0.1) is 0 Å². The van der Waals surface area contributed by atoms with Crippen LogP contribution in [0.25, 0.3) is 0 Å². The highest BCUT2D eigenvalue weighted by Crippen LogP contribution is 2.29. The lowest BCUT2D eigenvalue weighted by atomic mass is 9.95. The minimum Gasteiger partial charge on any atom is -0.352 e. The van der Waals surface area contributed by atoms with Crippen LogP contribution >= 0.6 is 11.6 Å². The van der Waals surface area contributed by atoms with Crippen LogP contribution in [0.3, 0.4) is 0 Å². The molecule has 4 rings (SSSR count). The van der Waals surface area contributed by atoms with Gasteiger partial charge in [0.1, 0.15) is 12.6 Å². The molecule has 0 heterocycles. The summed E-state index contributed by atoms with van der Waals surface area (Å²) in [5.41, 5.74) is 3.92. The largest absolute Gasteiger partial charge is 0.352 e. The summed E-state index contributed by atoms with van der Waals surface area (Å²) in [5.74, 6) is -0.681. The third-order valence-corrected chi connectivity index (χ3v) is 10.3. The number of amides is 2. The molecule has 0 radical (unpaired) electrons. The van der Waals surface area contributed by atoms with Gasteiger partial charge in [0.15, 0.2) is 0 Å². The number of nitrogens with one attached hydrogen (secondary N) is 1. The van der Waals surface area contributed by atoms with Gasteiger partial charge < -0.3 is 10.2 Å². The molecule has 43 heavy (non-hydrogen) atoms. The van der Waals surface area contributed by atoms with Gasteiger partial charge in [0.05, 0.1) is 10.6 Å². The van der Waals surface area contributed by atoms with Crippen LogP contribution in [0, 0.1) is 20.8 Å². The Kier molecular flexibility index (Phi) is 10.9. The number of hydrogen-bond donors (Lipinski definition) is 1. The third kappa shape index (κ3) is 8.18. The van der Waals surface area contributed by atoms with E-state index in [-0.39, 0.29) is 29.1 Å². The number of aryl methyl sites for hydroxylation is 3. The number of sulfonamides is 1. The summed E-state index contributed by atoms with van der Waals surface area (Å²) in [4.78, 5) is 29.5. The Morgan fingerprint density at radius 1 is 0.907 bits per heavy atom. The first-order valence-corrected chi connectivity index (χ1v) is 16.8. The van der Waals surface area contributed by atoms with E-state index >= 15 is 0 Å². The predicted octanol–water partition coefficient (Wildman–Crippen LogP) is 6.72. The first-order valence-electron chi connectivity index (χ1n) is 15.0. The maximum Gasteiger partial charge on any atom is 0.264 e. The standard InChI is InChI=1S/C34H42ClN3O4S/c1-5-32(34(40)36-28-9-7-6-8-10-28)37(22-27-16-11-24(2)12-17-27)33(39)23-38(29-18-15-26(4)31(35)21-29)43(41,42)30-19-13-25(3)14-20-30/h11-21,28,32H,5-10,22-23H2,1-4H3,(H,36,40)/t32-/m1/s1. The number of nitrogens with zero attached hydrogens (tertiary/aromatic N) is 2. The lowest BCUT2D eigenvalue weighted by Crippen LogP contribution is -2.54. The number of carbonyl (C=O) groups excluding carboxylic acids is 2. The Labute approximate surface area is 261 Å². The smallest absolute Gasteiger partial charge is 0.264 e. The van der Waals surface area contributed by atoms with Crippen molar-refractivity contribution in [2.75, 3.05) is 10.8 Å². The fourth-order valence-electron chi connectivity index (χ4n) is 5.46. The van der Waals surface area contributed by atoms with Gasteiger partial charge in [0.2, 0.25) is 11.8 Å². The topological polar surface area (TPSA) is 86.8 Å². The van der Waals surface area contributed by atoms with E-state index in [2.05, 4.69) is 5.32 Å². The summed E-state index contributed by atoms with van der Waals surface area (Å²) < 4.78 is 29.2. The average Bonchev–Trinajstić information content (AvgIpc) is 2.99. The highest BCUT2D eigenvalue weighted by Gasteiger charge is 2.34. The lowest BCUT2D eigenvalue weighted by Gasteiger charge is -2.34. The second kappa shape index (κ2) is 14.4. The number of hydrogen-bond acceptors (Lipinski definition) is 4. The van der Waals surface area contributed by atoms with Crippen LogP contribution in [0.15, 0.2) is 71.6 Å². The average molecular weight is 624 g/mol. The number of rotatable bonds is 11. The summed E-state index contributed by atoms with van der Waals surface area (Å²) in [6.45, 7) is 7.25. The van der Waals surface area contributed by atoms with Gasteiger partial charge in [-0.25, -0.2) is 8.42 Å². The third-order valence-electron chi connectivity index (χ3n) is 8.14. The maximum atomic E-state index is 14.3. The molecule has 0 aromatic heterocycles. The molecule has 1 atom stereocenters. The summed E-state index contributed by atoms with van der Waals surface area (Å²) in [6.07, 6.45) is 5.53. The van der Waals surface area contributed by atoms with E-state index in [1.165, 1.54) is 17.0 Å². The number of benzene rings is 3. The van der Waals surface area contributed by atoms with Crippen molar-refractivity contribution in [3.05, 3.63) is 94.0 Å². The predicted molar refractivity (Wildman–Crippen MR) is 173 cm³/mol. The van der Waals surface area contributed by atoms with E-state index in [1.54, 1.807) is 30.3 Å². The monoisotopic (exact) mass is 623 g/mol. The lowest BCUT2D eigenvalue weighted by molar-refractivity contribution is -0.140. The van der Waals surface area contributed by atoms with E-state index < -0.39 is 28.5 Å². The molecule has 2 amide bonds. The number of carbonyl (C=O) groups is 2. The van der Waals surface area contributed by atoms with Crippen LogP contribution in [0.4, 0.5) is 5.69 Å². The molecule has 0 aliphatic heterocycles. The Bertz CT molecular complexity index is 1520. The van der Waals surface area contributed by atoms with Crippen molar-refractivity contribution in [2.45, 2.75) is 89.7 Å². The van der Waals surface area contributed by atoms with E-state index in [0.717, 1.165) is 58.7 Å². The van der Waals surface area contributed by atoms with Crippen LogP contribution in [0.2, 0.25) is 5.02 Å². The van der Waals surface area contributed by atoms with Crippen LogP contribution in [0.1, 0.15) is 67.7 Å². The van der Waals surface area contributed by atoms with Crippen molar-refractivity contribution < 1.29 is 18.0 Å². The van der Waals surface area contributed by atoms with Crippen molar-refractivity contribution in [1.29, 1.82) is 0 Å². The zero-order valence-corrected chi connectivity index (χ0v) is 27.0. The molecule has 1 N–H and O–H groups in total. The van der Waals surface area contributed by atoms with E-state index in [1.807, 2.05) is 52.0 Å². The van der Waals surface area contributed by atoms with Gasteiger partial charge >= 0.3 is 0 Å².